The molecule has 4 aromatic rings. The molecule has 6 heteroatoms. The largest absolute Gasteiger partial charge is 0.437 e. The summed E-state index contributed by atoms with van der Waals surface area (Å²) in [6, 6.07) is 10.7. The van der Waals surface area contributed by atoms with Gasteiger partial charge in [0.2, 0.25) is 5.71 Å². The third kappa shape index (κ3) is 1.52. The highest BCUT2D eigenvalue weighted by Gasteiger charge is 2.16. The molecule has 20 heavy (non-hydrogen) atoms. The van der Waals surface area contributed by atoms with Crippen molar-refractivity contribution in [3.8, 4) is 11.3 Å². The first-order valence-electron chi connectivity index (χ1n) is 9.04. The van der Waals surface area contributed by atoms with E-state index in [4.69, 9.17) is 11.8 Å². The maximum Gasteiger partial charge on any atom is 0.221 e. The Bertz CT molecular complexity index is 1120. The Morgan fingerprint density at radius 1 is 1.15 bits per heavy atom. The van der Waals surface area contributed by atoms with Crippen LogP contribution in [0.5, 0.6) is 0 Å². The normalized spacial score (nSPS) is 17.2. The number of aromatic nitrogens is 3. The molecular formula is C14H13N3OSi2. The standard InChI is InChI=1S/C14H13N3OSi2/c19-12-13-17(14(20)16-12)11-8(4-3-6-10(11)18-13)9-5-1-2-7-15-9/h1-7H,19-20H3/i19D3,20D3. The number of fused-ring (bicyclic) bond motifs is 3. The molecule has 0 unspecified atom stereocenters. The second-order valence-corrected chi connectivity index (χ2v) is 5.31. The van der Waals surface area contributed by atoms with E-state index in [1.165, 1.54) is 4.40 Å². The number of imidazole rings is 1. The average molecular weight is 301 g/mol. The number of hydrogen-bond acceptors (Lipinski definition) is 3. The molecule has 0 radical (unpaired) electrons. The number of pyridine rings is 1. The first kappa shape index (κ1) is 7.00. The van der Waals surface area contributed by atoms with E-state index >= 15 is 0 Å². The zero-order valence-corrected chi connectivity index (χ0v) is 12.3. The SMILES string of the molecule is [2H][Si]([2H])([2H])c1nc([Si]([2H])([2H])[2H])n2c1oc1cccc(-c3ccccn3)c12. The number of hydrogen-bond donors (Lipinski definition) is 0. The molecule has 4 nitrogen and oxygen atoms in total. The summed E-state index contributed by atoms with van der Waals surface area (Å²) in [5.41, 5.74) is 2.03. The summed E-state index contributed by atoms with van der Waals surface area (Å²) in [7, 11) is -8.30. The van der Waals surface area contributed by atoms with Gasteiger partial charge in [-0.2, -0.15) is 0 Å². The molecule has 98 valence electrons. The van der Waals surface area contributed by atoms with Crippen LogP contribution in [0.2, 0.25) is 0 Å². The van der Waals surface area contributed by atoms with Crippen LogP contribution in [0.25, 0.3) is 28.1 Å². The quantitative estimate of drug-likeness (QED) is 0.462. The summed E-state index contributed by atoms with van der Waals surface area (Å²) in [5.74, 6) is 0. The van der Waals surface area contributed by atoms with E-state index in [0.717, 1.165) is 0 Å². The van der Waals surface area contributed by atoms with Crippen molar-refractivity contribution in [2.75, 3.05) is 0 Å². The highest BCUT2D eigenvalue weighted by Crippen LogP contribution is 2.28. The minimum absolute atomic E-state index is 0.00803. The van der Waals surface area contributed by atoms with Crippen molar-refractivity contribution >= 4 is 47.7 Å². The first-order chi connectivity index (χ1) is 12.2. The van der Waals surface area contributed by atoms with Gasteiger partial charge in [0.15, 0.2) is 5.58 Å². The van der Waals surface area contributed by atoms with Crippen LogP contribution in [-0.2, 0) is 0 Å². The summed E-state index contributed by atoms with van der Waals surface area (Å²) in [6.45, 7) is 0. The zero-order chi connectivity index (χ0) is 18.7. The van der Waals surface area contributed by atoms with E-state index < -0.39 is 20.1 Å². The summed E-state index contributed by atoms with van der Waals surface area (Å²) >= 11 is 0. The molecule has 0 aliphatic carbocycles. The molecule has 4 rings (SSSR count). The Morgan fingerprint density at radius 2 is 2.15 bits per heavy atom. The van der Waals surface area contributed by atoms with Gasteiger partial charge < -0.3 is 4.42 Å². The second kappa shape index (κ2) is 4.15. The summed E-state index contributed by atoms with van der Waals surface area (Å²) < 4.78 is 54.4. The van der Waals surface area contributed by atoms with Crippen LogP contribution in [0.15, 0.2) is 47.0 Å². The molecule has 3 heterocycles. The lowest BCUT2D eigenvalue weighted by Crippen LogP contribution is -2.15. The van der Waals surface area contributed by atoms with Gasteiger partial charge in [-0.15, -0.1) is 0 Å². The van der Waals surface area contributed by atoms with Gasteiger partial charge in [0.25, 0.3) is 0 Å². The molecule has 0 atom stereocenters. The van der Waals surface area contributed by atoms with E-state index in [1.807, 2.05) is 6.07 Å². The van der Waals surface area contributed by atoms with Crippen molar-refractivity contribution in [3.05, 3.63) is 42.6 Å². The Morgan fingerprint density at radius 3 is 2.95 bits per heavy atom. The number of benzene rings is 1. The molecule has 0 saturated carbocycles. The minimum Gasteiger partial charge on any atom is -0.437 e. The predicted molar refractivity (Wildman–Crippen MR) is 87.3 cm³/mol. The Hall–Kier alpha value is -2.19. The van der Waals surface area contributed by atoms with Crippen LogP contribution < -0.4 is 10.8 Å². The summed E-state index contributed by atoms with van der Waals surface area (Å²) in [6.07, 6.45) is 1.64. The fourth-order valence-corrected chi connectivity index (χ4v) is 3.08. The smallest absolute Gasteiger partial charge is 0.221 e. The topological polar surface area (TPSA) is 43.3 Å². The van der Waals surface area contributed by atoms with Gasteiger partial charge in [0.1, 0.15) is 5.52 Å². The van der Waals surface area contributed by atoms with Crippen molar-refractivity contribution in [2.45, 2.75) is 0 Å². The third-order valence-electron chi connectivity index (χ3n) is 3.21. The molecule has 0 N–H and O–H groups in total. The number of oxazole rings is 1. The van der Waals surface area contributed by atoms with Gasteiger partial charge in [-0.1, -0.05) is 18.2 Å². The Labute approximate surface area is 128 Å². The van der Waals surface area contributed by atoms with Crippen molar-refractivity contribution in [1.29, 1.82) is 7.41 Å². The molecule has 0 aliphatic heterocycles. The first-order valence-corrected chi connectivity index (χ1v) is 7.04. The molecule has 3 aromatic heterocycles. The van der Waals surface area contributed by atoms with Gasteiger partial charge in [-0.05, 0) is 18.2 Å². The fraction of sp³-hybridized carbons (Fsp3) is 0. The van der Waals surface area contributed by atoms with Crippen LogP contribution >= 0.6 is 0 Å². The lowest BCUT2D eigenvalue weighted by molar-refractivity contribution is 0.659. The maximum absolute atomic E-state index is 7.93. The van der Waals surface area contributed by atoms with Gasteiger partial charge in [0, 0.05) is 19.2 Å². The van der Waals surface area contributed by atoms with Crippen LogP contribution in [0.3, 0.4) is 0 Å². The Kier molecular flexibility index (Phi) is 1.45. The van der Waals surface area contributed by atoms with Crippen LogP contribution in [0.4, 0.5) is 0 Å². The molecule has 0 amide bonds. The minimum atomic E-state index is -4.17. The maximum atomic E-state index is 7.93. The van der Waals surface area contributed by atoms with Gasteiger partial charge >= 0.3 is 0 Å². The molecule has 0 fully saturated rings. The van der Waals surface area contributed by atoms with Crippen LogP contribution in [0.1, 0.15) is 0 Å². The van der Waals surface area contributed by atoms with Gasteiger partial charge in [0.05, 0.1) is 36.5 Å². The van der Waals surface area contributed by atoms with Crippen molar-refractivity contribution in [3.63, 3.8) is 0 Å². The second-order valence-electron chi connectivity index (χ2n) is 4.39. The van der Waals surface area contributed by atoms with Gasteiger partial charge in [-0.3, -0.25) is 9.38 Å². The third-order valence-corrected chi connectivity index (χ3v) is 3.87. The molecule has 0 spiro atoms. The lowest BCUT2D eigenvalue weighted by Gasteiger charge is -2.02. The summed E-state index contributed by atoms with van der Waals surface area (Å²) in [4.78, 5) is 8.35. The van der Waals surface area contributed by atoms with Crippen LogP contribution in [0, 0.1) is 0 Å². The Balaban J connectivity index is 2.19. The average Bonchev–Trinajstić information content (AvgIpc) is 3.10. The highest BCUT2D eigenvalue weighted by molar-refractivity contribution is 6.38. The van der Waals surface area contributed by atoms with Crippen molar-refractivity contribution in [1.82, 2.24) is 14.4 Å². The number of rotatable bonds is 3. The van der Waals surface area contributed by atoms with E-state index in [2.05, 4.69) is 9.97 Å². The number of nitrogens with zero attached hydrogens (tertiary/aromatic N) is 3. The van der Waals surface area contributed by atoms with Crippen LogP contribution in [-0.4, -0.2) is 41.9 Å². The zero-order valence-electron chi connectivity index (χ0n) is 16.3. The predicted octanol–water partition coefficient (Wildman–Crippen LogP) is -0.876. The highest BCUT2D eigenvalue weighted by atomic mass is 28.1. The summed E-state index contributed by atoms with van der Waals surface area (Å²) in [5, 5.41) is -0.195. The van der Waals surface area contributed by atoms with Gasteiger partial charge in [-0.25, -0.2) is 4.98 Å². The molecule has 0 saturated heterocycles. The fourth-order valence-electron chi connectivity index (χ4n) is 2.38. The number of para-hydroxylation sites is 1. The van der Waals surface area contributed by atoms with Crippen molar-refractivity contribution < 1.29 is 4.42 Å². The molecule has 0 bridgehead atoms. The lowest BCUT2D eigenvalue weighted by atomic mass is 10.1. The molecule has 0 aliphatic rings. The van der Waals surface area contributed by atoms with E-state index in [1.54, 1.807) is 36.5 Å². The van der Waals surface area contributed by atoms with E-state index in [-0.39, 0.29) is 16.5 Å². The molecular weight excluding hydrogens is 282 g/mol. The monoisotopic (exact) mass is 301 g/mol. The van der Waals surface area contributed by atoms with Crippen molar-refractivity contribution in [2.24, 2.45) is 0 Å². The van der Waals surface area contributed by atoms with E-state index in [0.29, 0.717) is 22.4 Å². The molecule has 1 aromatic carbocycles. The van der Waals surface area contributed by atoms with E-state index in [9.17, 15) is 0 Å².